The lowest BCUT2D eigenvalue weighted by atomic mass is 10.3. The second-order valence-corrected chi connectivity index (χ2v) is 4.89. The normalized spacial score (nSPS) is 10.3. The number of nitro groups is 1. The molecule has 2 rings (SSSR count). The Labute approximate surface area is 125 Å². The van der Waals surface area contributed by atoms with Crippen LogP contribution in [0.25, 0.3) is 0 Å². The van der Waals surface area contributed by atoms with Gasteiger partial charge in [0.2, 0.25) is 11.0 Å². The number of nitrogens with zero attached hydrogens (tertiary/aromatic N) is 3. The summed E-state index contributed by atoms with van der Waals surface area (Å²) in [6, 6.07) is 3.98. The number of aromatic nitrogens is 2. The van der Waals surface area contributed by atoms with Crippen LogP contribution < -0.4 is 5.32 Å². The first-order valence-electron chi connectivity index (χ1n) is 4.86. The van der Waals surface area contributed by atoms with E-state index >= 15 is 0 Å². The highest BCUT2D eigenvalue weighted by molar-refractivity contribution is 14.1. The lowest BCUT2D eigenvalue weighted by Gasteiger charge is -2.08. The molecule has 98 valence electrons. The van der Waals surface area contributed by atoms with Crippen molar-refractivity contribution in [2.75, 3.05) is 5.32 Å². The van der Waals surface area contributed by atoms with Gasteiger partial charge in [0.15, 0.2) is 0 Å². The van der Waals surface area contributed by atoms with Crippen molar-refractivity contribution in [1.29, 1.82) is 0 Å². The van der Waals surface area contributed by atoms with Crippen LogP contribution in [-0.4, -0.2) is 14.9 Å². The quantitative estimate of drug-likeness (QED) is 0.373. The molecule has 1 aromatic carbocycles. The van der Waals surface area contributed by atoms with Crippen LogP contribution in [0.5, 0.6) is 0 Å². The Hall–Kier alpha value is -1.55. The summed E-state index contributed by atoms with van der Waals surface area (Å²) < 4.78 is 13.5. The maximum atomic E-state index is 13.0. The molecule has 0 aliphatic heterocycles. The zero-order valence-electron chi connectivity index (χ0n) is 9.10. The monoisotopic (exact) mass is 394 g/mol. The number of halogens is 3. The number of rotatable bonds is 3. The SMILES string of the molecule is O=[N+]([O-])c1c(Cl)ncnc1Nc1ccc(F)cc1I. The van der Waals surface area contributed by atoms with E-state index in [0.29, 0.717) is 9.26 Å². The van der Waals surface area contributed by atoms with Crippen LogP contribution in [0.4, 0.5) is 21.6 Å². The minimum absolute atomic E-state index is 0.0467. The third-order valence-electron chi connectivity index (χ3n) is 2.14. The molecule has 19 heavy (non-hydrogen) atoms. The van der Waals surface area contributed by atoms with Crippen LogP contribution in [0.2, 0.25) is 5.15 Å². The summed E-state index contributed by atoms with van der Waals surface area (Å²) in [7, 11) is 0. The molecule has 0 fully saturated rings. The highest BCUT2D eigenvalue weighted by Crippen LogP contribution is 2.32. The molecular formula is C10H5ClFIN4O2. The molecular weight excluding hydrogens is 389 g/mol. The fraction of sp³-hybridized carbons (Fsp3) is 0. The minimum atomic E-state index is -0.680. The van der Waals surface area contributed by atoms with Crippen molar-refractivity contribution in [3.8, 4) is 0 Å². The van der Waals surface area contributed by atoms with Gasteiger partial charge in [-0.1, -0.05) is 11.6 Å². The molecule has 0 aliphatic rings. The minimum Gasteiger partial charge on any atom is -0.333 e. The van der Waals surface area contributed by atoms with E-state index in [2.05, 4.69) is 15.3 Å². The zero-order valence-corrected chi connectivity index (χ0v) is 12.0. The summed E-state index contributed by atoms with van der Waals surface area (Å²) in [6.45, 7) is 0. The van der Waals surface area contributed by atoms with E-state index in [-0.39, 0.29) is 11.0 Å². The van der Waals surface area contributed by atoms with E-state index in [9.17, 15) is 14.5 Å². The van der Waals surface area contributed by atoms with Gasteiger partial charge in [-0.05, 0) is 40.8 Å². The molecule has 2 aromatic rings. The van der Waals surface area contributed by atoms with E-state index in [1.165, 1.54) is 18.2 Å². The highest BCUT2D eigenvalue weighted by Gasteiger charge is 2.22. The van der Waals surface area contributed by atoms with E-state index < -0.39 is 16.4 Å². The Bertz CT molecular complexity index is 655. The summed E-state index contributed by atoms with van der Waals surface area (Å²) in [5, 5.41) is 13.4. The molecule has 9 heteroatoms. The fourth-order valence-electron chi connectivity index (χ4n) is 1.33. The predicted molar refractivity (Wildman–Crippen MR) is 76.1 cm³/mol. The molecule has 0 amide bonds. The van der Waals surface area contributed by atoms with Crippen molar-refractivity contribution in [2.45, 2.75) is 0 Å². The molecule has 6 nitrogen and oxygen atoms in total. The second kappa shape index (κ2) is 5.61. The fourth-order valence-corrected chi connectivity index (χ4v) is 2.14. The van der Waals surface area contributed by atoms with Gasteiger partial charge in [-0.15, -0.1) is 0 Å². The van der Waals surface area contributed by atoms with Crippen LogP contribution >= 0.6 is 34.2 Å². The van der Waals surface area contributed by atoms with Crippen molar-refractivity contribution in [3.05, 3.63) is 49.2 Å². The average molecular weight is 395 g/mol. The summed E-state index contributed by atoms with van der Waals surface area (Å²) >= 11 is 7.56. The van der Waals surface area contributed by atoms with Crippen LogP contribution in [0.3, 0.4) is 0 Å². The summed E-state index contributed by atoms with van der Waals surface area (Å²) in [6.07, 6.45) is 1.11. The first-order chi connectivity index (χ1) is 8.99. The number of hydrogen-bond donors (Lipinski definition) is 1. The second-order valence-electron chi connectivity index (χ2n) is 3.37. The van der Waals surface area contributed by atoms with Gasteiger partial charge in [0.1, 0.15) is 12.1 Å². The molecule has 1 N–H and O–H groups in total. The number of anilines is 2. The van der Waals surface area contributed by atoms with Gasteiger partial charge < -0.3 is 5.32 Å². The molecule has 0 saturated heterocycles. The standard InChI is InChI=1S/C10H5ClFIN4O2/c11-9-8(17(18)19)10(15-4-14-9)16-7-2-1-5(12)3-6(7)13/h1-4H,(H,14,15,16). The summed E-state index contributed by atoms with van der Waals surface area (Å²) in [4.78, 5) is 17.6. The lowest BCUT2D eigenvalue weighted by Crippen LogP contribution is -2.02. The van der Waals surface area contributed by atoms with Gasteiger partial charge in [-0.2, -0.15) is 0 Å². The topological polar surface area (TPSA) is 81.0 Å². The third kappa shape index (κ3) is 3.07. The van der Waals surface area contributed by atoms with Crippen LogP contribution in [0.1, 0.15) is 0 Å². The Morgan fingerprint density at radius 2 is 2.16 bits per heavy atom. The smallest absolute Gasteiger partial charge is 0.333 e. The van der Waals surface area contributed by atoms with Gasteiger partial charge in [0, 0.05) is 3.57 Å². The molecule has 0 radical (unpaired) electrons. The highest BCUT2D eigenvalue weighted by atomic mass is 127. The molecule has 0 bridgehead atoms. The van der Waals surface area contributed by atoms with Crippen molar-refractivity contribution in [2.24, 2.45) is 0 Å². The largest absolute Gasteiger partial charge is 0.348 e. The summed E-state index contributed by atoms with van der Waals surface area (Å²) in [5.41, 5.74) is 0.0594. The number of nitrogens with one attached hydrogen (secondary N) is 1. The van der Waals surface area contributed by atoms with E-state index in [0.717, 1.165) is 6.33 Å². The molecule has 0 saturated carbocycles. The molecule has 0 atom stereocenters. The Kier molecular flexibility index (Phi) is 4.10. The molecule has 0 spiro atoms. The van der Waals surface area contributed by atoms with Crippen molar-refractivity contribution in [3.63, 3.8) is 0 Å². The average Bonchev–Trinajstić information content (AvgIpc) is 2.32. The van der Waals surface area contributed by atoms with Gasteiger partial charge in [-0.3, -0.25) is 10.1 Å². The number of benzene rings is 1. The molecule has 0 unspecified atom stereocenters. The van der Waals surface area contributed by atoms with Gasteiger partial charge in [-0.25, -0.2) is 14.4 Å². The van der Waals surface area contributed by atoms with Crippen LogP contribution in [0, 0.1) is 19.5 Å². The third-order valence-corrected chi connectivity index (χ3v) is 3.31. The maximum absolute atomic E-state index is 13.0. The lowest BCUT2D eigenvalue weighted by molar-refractivity contribution is -0.384. The molecule has 1 aromatic heterocycles. The number of hydrogen-bond acceptors (Lipinski definition) is 5. The van der Waals surface area contributed by atoms with Gasteiger partial charge in [0.05, 0.1) is 10.6 Å². The van der Waals surface area contributed by atoms with E-state index in [4.69, 9.17) is 11.6 Å². The van der Waals surface area contributed by atoms with Gasteiger partial charge in [0.25, 0.3) is 0 Å². The first kappa shape index (κ1) is 13.9. The molecule has 1 heterocycles. The summed E-state index contributed by atoms with van der Waals surface area (Å²) in [5.74, 6) is -0.445. The van der Waals surface area contributed by atoms with Crippen molar-refractivity contribution in [1.82, 2.24) is 9.97 Å². The predicted octanol–water partition coefficient (Wildman–Crippen LogP) is 3.53. The van der Waals surface area contributed by atoms with Crippen molar-refractivity contribution < 1.29 is 9.31 Å². The Morgan fingerprint density at radius 1 is 1.42 bits per heavy atom. The Balaban J connectivity index is 2.44. The van der Waals surface area contributed by atoms with Gasteiger partial charge >= 0.3 is 5.69 Å². The zero-order chi connectivity index (χ0) is 14.0. The van der Waals surface area contributed by atoms with E-state index in [1.54, 1.807) is 0 Å². The van der Waals surface area contributed by atoms with Crippen molar-refractivity contribution >= 4 is 51.4 Å². The molecule has 0 aliphatic carbocycles. The maximum Gasteiger partial charge on any atom is 0.348 e. The Morgan fingerprint density at radius 3 is 2.79 bits per heavy atom. The first-order valence-corrected chi connectivity index (χ1v) is 6.31. The van der Waals surface area contributed by atoms with Crippen LogP contribution in [0.15, 0.2) is 24.5 Å². The van der Waals surface area contributed by atoms with E-state index in [1.807, 2.05) is 22.6 Å². The van der Waals surface area contributed by atoms with Crippen LogP contribution in [-0.2, 0) is 0 Å².